The van der Waals surface area contributed by atoms with E-state index in [1.54, 1.807) is 30.2 Å². The van der Waals surface area contributed by atoms with Crippen LogP contribution < -0.4 is 4.74 Å². The molecular weight excluding hydrogens is 317 g/mol. The minimum absolute atomic E-state index is 0.0774. The van der Waals surface area contributed by atoms with E-state index in [9.17, 15) is 4.79 Å². The third-order valence-electron chi connectivity index (χ3n) is 2.77. The Hall–Kier alpha value is -1.17. The van der Waals surface area contributed by atoms with E-state index in [1.165, 1.54) is 0 Å². The van der Waals surface area contributed by atoms with E-state index in [0.29, 0.717) is 16.6 Å². The summed E-state index contributed by atoms with van der Waals surface area (Å²) in [4.78, 5) is 12.5. The molecule has 7 heteroatoms. The number of ether oxygens (including phenoxy) is 2. The second-order valence-electron chi connectivity index (χ2n) is 4.41. The highest BCUT2D eigenvalue weighted by atomic mass is 35.5. The van der Waals surface area contributed by atoms with Crippen LogP contribution in [0.5, 0.6) is 5.75 Å². The van der Waals surface area contributed by atoms with Crippen molar-refractivity contribution in [3.8, 4) is 5.75 Å². The van der Waals surface area contributed by atoms with Gasteiger partial charge in [-0.25, -0.2) is 4.79 Å². The molecule has 0 saturated carbocycles. The van der Waals surface area contributed by atoms with Crippen molar-refractivity contribution < 1.29 is 19.4 Å². The molecule has 1 fully saturated rings. The van der Waals surface area contributed by atoms with Crippen molar-refractivity contribution in [2.75, 3.05) is 26.8 Å². The Morgan fingerprint density at radius 3 is 2.62 bits per heavy atom. The number of hydrogen-bond donors (Lipinski definition) is 1. The van der Waals surface area contributed by atoms with Gasteiger partial charge in [0, 0.05) is 12.6 Å². The number of hydrogen-bond acceptors (Lipinski definition) is 4. The maximum absolute atomic E-state index is 10.9. The van der Waals surface area contributed by atoms with Crippen molar-refractivity contribution in [3.05, 3.63) is 28.2 Å². The molecule has 0 spiro atoms. The standard InChI is InChI=1S/C7H6Cl2O.C7H13NO3/c1-10-5-2-3-6(8)7(9)4-5;1-2-3-8-4-6(5-9)11-7(8)10/h2-4H,1H3;6,9H,2-5H2,1H3. The summed E-state index contributed by atoms with van der Waals surface area (Å²) in [5.41, 5.74) is 0. The predicted octanol–water partition coefficient (Wildman–Crippen LogP) is 3.21. The summed E-state index contributed by atoms with van der Waals surface area (Å²) in [7, 11) is 1.58. The zero-order valence-electron chi connectivity index (χ0n) is 12.0. The van der Waals surface area contributed by atoms with Crippen molar-refractivity contribution in [3.63, 3.8) is 0 Å². The highest BCUT2D eigenvalue weighted by molar-refractivity contribution is 6.42. The molecule has 118 valence electrons. The lowest BCUT2D eigenvalue weighted by Gasteiger charge is -2.09. The highest BCUT2D eigenvalue weighted by Gasteiger charge is 2.29. The van der Waals surface area contributed by atoms with Crippen molar-refractivity contribution >= 4 is 29.3 Å². The van der Waals surface area contributed by atoms with Crippen LogP contribution in [0.3, 0.4) is 0 Å². The molecule has 5 nitrogen and oxygen atoms in total. The lowest BCUT2D eigenvalue weighted by Crippen LogP contribution is -2.26. The average molecular weight is 336 g/mol. The van der Waals surface area contributed by atoms with Gasteiger partial charge in [-0.3, -0.25) is 0 Å². The fourth-order valence-corrected chi connectivity index (χ4v) is 2.01. The topological polar surface area (TPSA) is 59.0 Å². The SMILES string of the molecule is CCCN1CC(CO)OC1=O.COc1ccc(Cl)c(Cl)c1. The van der Waals surface area contributed by atoms with Gasteiger partial charge in [-0.15, -0.1) is 0 Å². The van der Waals surface area contributed by atoms with E-state index in [-0.39, 0.29) is 18.8 Å². The molecular formula is C14H19Cl2NO4. The average Bonchev–Trinajstić information content (AvgIpc) is 2.84. The largest absolute Gasteiger partial charge is 0.497 e. The third-order valence-corrected chi connectivity index (χ3v) is 3.51. The molecule has 0 bridgehead atoms. The van der Waals surface area contributed by atoms with Gasteiger partial charge in [0.25, 0.3) is 0 Å². The summed E-state index contributed by atoms with van der Waals surface area (Å²) < 4.78 is 9.72. The van der Waals surface area contributed by atoms with Crippen LogP contribution >= 0.6 is 23.2 Å². The minimum Gasteiger partial charge on any atom is -0.497 e. The summed E-state index contributed by atoms with van der Waals surface area (Å²) >= 11 is 11.3. The zero-order chi connectivity index (χ0) is 15.8. The quantitative estimate of drug-likeness (QED) is 0.917. The van der Waals surface area contributed by atoms with E-state index in [0.717, 1.165) is 18.7 Å². The predicted molar refractivity (Wildman–Crippen MR) is 82.2 cm³/mol. The van der Waals surface area contributed by atoms with Crippen LogP contribution in [0.15, 0.2) is 18.2 Å². The smallest absolute Gasteiger partial charge is 0.410 e. The molecule has 1 aliphatic heterocycles. The Bertz CT molecular complexity index is 470. The number of benzene rings is 1. The maximum Gasteiger partial charge on any atom is 0.410 e. The number of cyclic esters (lactones) is 1. The number of carbonyl (C=O) groups is 1. The second-order valence-corrected chi connectivity index (χ2v) is 5.23. The fraction of sp³-hybridized carbons (Fsp3) is 0.500. The van der Waals surface area contributed by atoms with E-state index in [4.69, 9.17) is 37.8 Å². The van der Waals surface area contributed by atoms with Gasteiger partial charge in [0.15, 0.2) is 0 Å². The molecule has 1 unspecified atom stereocenters. The molecule has 1 aliphatic rings. The van der Waals surface area contributed by atoms with Gasteiger partial charge < -0.3 is 19.5 Å². The summed E-state index contributed by atoms with van der Waals surface area (Å²) in [5, 5.41) is 9.72. The summed E-state index contributed by atoms with van der Waals surface area (Å²) in [6.45, 7) is 3.17. The normalized spacial score (nSPS) is 17.1. The van der Waals surface area contributed by atoms with Crippen LogP contribution in [-0.2, 0) is 4.74 Å². The van der Waals surface area contributed by atoms with Gasteiger partial charge >= 0.3 is 6.09 Å². The van der Waals surface area contributed by atoms with Crippen LogP contribution in [-0.4, -0.2) is 49.0 Å². The molecule has 1 atom stereocenters. The Kier molecular flexibility index (Phi) is 7.64. The van der Waals surface area contributed by atoms with Gasteiger partial charge in [0.1, 0.15) is 11.9 Å². The number of methoxy groups -OCH3 is 1. The van der Waals surface area contributed by atoms with E-state index in [1.807, 2.05) is 6.92 Å². The Balaban J connectivity index is 0.000000211. The van der Waals surface area contributed by atoms with Gasteiger partial charge in [-0.1, -0.05) is 30.1 Å². The molecule has 1 saturated heterocycles. The Labute approximate surface area is 134 Å². The van der Waals surface area contributed by atoms with E-state index >= 15 is 0 Å². The first-order valence-corrected chi connectivity index (χ1v) is 7.32. The molecule has 0 aromatic heterocycles. The molecule has 2 rings (SSSR count). The van der Waals surface area contributed by atoms with Crippen LogP contribution in [0, 0.1) is 0 Å². The zero-order valence-corrected chi connectivity index (χ0v) is 13.5. The number of aliphatic hydroxyl groups is 1. The van der Waals surface area contributed by atoms with Gasteiger partial charge in [0.05, 0.1) is 30.3 Å². The van der Waals surface area contributed by atoms with Crippen LogP contribution in [0.1, 0.15) is 13.3 Å². The lowest BCUT2D eigenvalue weighted by molar-refractivity contribution is 0.0948. The third kappa shape index (κ3) is 5.61. The van der Waals surface area contributed by atoms with Gasteiger partial charge in [0.2, 0.25) is 0 Å². The number of aliphatic hydroxyl groups excluding tert-OH is 1. The van der Waals surface area contributed by atoms with E-state index < -0.39 is 0 Å². The second kappa shape index (κ2) is 8.97. The number of rotatable bonds is 4. The molecule has 1 N–H and O–H groups in total. The first-order chi connectivity index (χ1) is 10.0. The van der Waals surface area contributed by atoms with Crippen molar-refractivity contribution in [2.24, 2.45) is 0 Å². The molecule has 0 radical (unpaired) electrons. The minimum atomic E-state index is -0.311. The molecule has 1 amide bonds. The van der Waals surface area contributed by atoms with Crippen molar-refractivity contribution in [1.29, 1.82) is 0 Å². The Morgan fingerprint density at radius 2 is 2.14 bits per heavy atom. The van der Waals surface area contributed by atoms with Crippen LogP contribution in [0.4, 0.5) is 4.79 Å². The van der Waals surface area contributed by atoms with Crippen LogP contribution in [0.2, 0.25) is 10.0 Å². The molecule has 0 aliphatic carbocycles. The van der Waals surface area contributed by atoms with Gasteiger partial charge in [-0.05, 0) is 18.6 Å². The van der Waals surface area contributed by atoms with Crippen molar-refractivity contribution in [2.45, 2.75) is 19.4 Å². The van der Waals surface area contributed by atoms with E-state index in [2.05, 4.69) is 0 Å². The molecule has 1 aromatic carbocycles. The first-order valence-electron chi connectivity index (χ1n) is 6.57. The summed E-state index contributed by atoms with van der Waals surface area (Å²) in [5.74, 6) is 0.717. The van der Waals surface area contributed by atoms with Gasteiger partial charge in [-0.2, -0.15) is 0 Å². The molecule has 1 aromatic rings. The summed E-state index contributed by atoms with van der Waals surface area (Å²) in [6, 6.07) is 5.13. The van der Waals surface area contributed by atoms with Crippen LogP contribution in [0.25, 0.3) is 0 Å². The molecule has 1 heterocycles. The fourth-order valence-electron chi connectivity index (χ4n) is 1.73. The summed E-state index contributed by atoms with van der Waals surface area (Å²) in [6.07, 6.45) is 0.313. The molecule has 21 heavy (non-hydrogen) atoms. The number of nitrogens with zero attached hydrogens (tertiary/aromatic N) is 1. The van der Waals surface area contributed by atoms with Crippen molar-refractivity contribution in [1.82, 2.24) is 4.90 Å². The maximum atomic E-state index is 10.9. The Morgan fingerprint density at radius 1 is 1.43 bits per heavy atom. The lowest BCUT2D eigenvalue weighted by atomic mass is 10.3. The first kappa shape index (κ1) is 17.9. The highest BCUT2D eigenvalue weighted by Crippen LogP contribution is 2.25. The number of halogens is 2. The number of carbonyl (C=O) groups excluding carboxylic acids is 1. The number of amides is 1. The monoisotopic (exact) mass is 335 g/mol.